The van der Waals surface area contributed by atoms with Crippen LogP contribution >= 0.6 is 80.4 Å². The standard InChI is InChI=1S/C14H11ClN2S.C12H5Cl2FN2S.C12H13ClN2S/c1-2-11-16-13(15)12-10(8-18-14(12)17-11)9-6-4-3-5-7-9;13-10-9-8(6-1-3-7(15)4-2-6)5-18-11(9)17-12(14)16-10;13-11-10-9(8-4-2-1-3-5-8)6-16-12(10)15-7-14-11/h3-8H,2H2,1H3;1-5H;6-8H,1-5H2. The Bertz CT molecular complexity index is 2460. The topological polar surface area (TPSA) is 77.3 Å². The van der Waals surface area contributed by atoms with Crippen LogP contribution in [-0.2, 0) is 6.42 Å². The zero-order chi connectivity index (χ0) is 36.2. The maximum atomic E-state index is 12.9. The molecule has 1 aliphatic carbocycles. The molecule has 52 heavy (non-hydrogen) atoms. The fourth-order valence-electron chi connectivity index (χ4n) is 6.22. The quantitative estimate of drug-likeness (QED) is 0.130. The number of rotatable bonds is 4. The molecule has 6 heterocycles. The largest absolute Gasteiger partial charge is 0.225 e. The molecule has 6 nitrogen and oxygen atoms in total. The van der Waals surface area contributed by atoms with Gasteiger partial charge in [0.2, 0.25) is 5.28 Å². The van der Waals surface area contributed by atoms with Gasteiger partial charge in [0, 0.05) is 28.3 Å². The van der Waals surface area contributed by atoms with Gasteiger partial charge in [0.15, 0.2) is 0 Å². The van der Waals surface area contributed by atoms with Crippen molar-refractivity contribution in [3.05, 3.63) is 115 Å². The van der Waals surface area contributed by atoms with Crippen LogP contribution in [0.15, 0.2) is 77.1 Å². The molecule has 0 bridgehead atoms. The maximum Gasteiger partial charge on any atom is 0.225 e. The van der Waals surface area contributed by atoms with Crippen molar-refractivity contribution < 1.29 is 4.39 Å². The van der Waals surface area contributed by atoms with E-state index in [1.807, 2.05) is 30.5 Å². The van der Waals surface area contributed by atoms with E-state index in [2.05, 4.69) is 52.8 Å². The molecule has 0 atom stereocenters. The van der Waals surface area contributed by atoms with Gasteiger partial charge in [-0.2, -0.15) is 0 Å². The summed E-state index contributed by atoms with van der Waals surface area (Å²) in [4.78, 5) is 28.0. The lowest BCUT2D eigenvalue weighted by atomic mass is 9.84. The third-order valence-electron chi connectivity index (χ3n) is 8.75. The molecule has 14 heteroatoms. The minimum atomic E-state index is -0.274. The number of halogens is 5. The van der Waals surface area contributed by atoms with Gasteiger partial charge in [-0.1, -0.05) is 103 Å². The highest BCUT2D eigenvalue weighted by Crippen LogP contribution is 2.41. The van der Waals surface area contributed by atoms with Crippen molar-refractivity contribution in [3.63, 3.8) is 0 Å². The summed E-state index contributed by atoms with van der Waals surface area (Å²) in [5, 5.41) is 10.6. The monoisotopic (exact) mass is 824 g/mol. The van der Waals surface area contributed by atoms with E-state index < -0.39 is 0 Å². The SMILES string of the molecule is CCc1nc(Cl)c2c(-c3ccccc3)csc2n1.Clc1ncnc2scc(C3CCCCC3)c12.Fc1ccc(-c2csc3nc(Cl)nc(Cl)c23)cc1. The van der Waals surface area contributed by atoms with Crippen LogP contribution in [0.25, 0.3) is 52.9 Å². The fraction of sp³-hybridized carbons (Fsp3) is 0.211. The van der Waals surface area contributed by atoms with Gasteiger partial charge in [-0.3, -0.25) is 0 Å². The molecule has 2 aromatic carbocycles. The maximum absolute atomic E-state index is 12.9. The molecule has 8 aromatic rings. The molecular weight excluding hydrogens is 797 g/mol. The van der Waals surface area contributed by atoms with E-state index in [0.29, 0.717) is 21.4 Å². The third-order valence-corrected chi connectivity index (χ3v) is 12.4. The molecule has 0 saturated heterocycles. The van der Waals surface area contributed by atoms with Crippen LogP contribution < -0.4 is 0 Å². The molecule has 9 rings (SSSR count). The number of thiophene rings is 3. The lowest BCUT2D eigenvalue weighted by Crippen LogP contribution is -2.03. The second kappa shape index (κ2) is 16.8. The minimum absolute atomic E-state index is 0.125. The van der Waals surface area contributed by atoms with E-state index in [0.717, 1.165) is 65.1 Å². The second-order valence-corrected chi connectivity index (χ2v) is 16.0. The molecule has 0 N–H and O–H groups in total. The molecular formula is C38H29Cl4FN6S3. The summed E-state index contributed by atoms with van der Waals surface area (Å²) in [5.74, 6) is 1.20. The van der Waals surface area contributed by atoms with Gasteiger partial charge >= 0.3 is 0 Å². The Balaban J connectivity index is 0.000000122. The van der Waals surface area contributed by atoms with E-state index in [4.69, 9.17) is 46.4 Å². The minimum Gasteiger partial charge on any atom is -0.225 e. The summed E-state index contributed by atoms with van der Waals surface area (Å²) in [5.41, 5.74) is 5.40. The van der Waals surface area contributed by atoms with Crippen molar-refractivity contribution in [2.45, 2.75) is 51.4 Å². The molecule has 264 valence electrons. The lowest BCUT2D eigenvalue weighted by molar-refractivity contribution is 0.446. The van der Waals surface area contributed by atoms with Gasteiger partial charge in [0.25, 0.3) is 0 Å². The predicted octanol–water partition coefficient (Wildman–Crippen LogP) is 13.8. The molecule has 0 radical (unpaired) electrons. The average molecular weight is 827 g/mol. The smallest absolute Gasteiger partial charge is 0.225 e. The highest BCUT2D eigenvalue weighted by atomic mass is 35.5. The highest BCUT2D eigenvalue weighted by molar-refractivity contribution is 7.18. The summed E-state index contributed by atoms with van der Waals surface area (Å²) >= 11 is 29.0. The number of aromatic nitrogens is 6. The molecule has 0 spiro atoms. The van der Waals surface area contributed by atoms with Crippen LogP contribution in [0.4, 0.5) is 4.39 Å². The van der Waals surface area contributed by atoms with Crippen LogP contribution in [0.2, 0.25) is 20.7 Å². The summed E-state index contributed by atoms with van der Waals surface area (Å²) < 4.78 is 12.9. The fourth-order valence-corrected chi connectivity index (χ4v) is 10.4. The number of aryl methyl sites for hydroxylation is 1. The van der Waals surface area contributed by atoms with Gasteiger partial charge < -0.3 is 0 Å². The predicted molar refractivity (Wildman–Crippen MR) is 218 cm³/mol. The van der Waals surface area contributed by atoms with Crippen LogP contribution in [0.1, 0.15) is 56.3 Å². The van der Waals surface area contributed by atoms with Crippen molar-refractivity contribution in [2.75, 3.05) is 0 Å². The molecule has 1 saturated carbocycles. The molecule has 6 aromatic heterocycles. The first kappa shape index (κ1) is 37.0. The highest BCUT2D eigenvalue weighted by Gasteiger charge is 2.21. The summed E-state index contributed by atoms with van der Waals surface area (Å²) in [6.45, 7) is 2.03. The molecule has 0 amide bonds. The summed E-state index contributed by atoms with van der Waals surface area (Å²) in [6, 6.07) is 16.4. The van der Waals surface area contributed by atoms with Crippen LogP contribution in [-0.4, -0.2) is 29.9 Å². The molecule has 0 unspecified atom stereocenters. The van der Waals surface area contributed by atoms with Crippen LogP contribution in [0.3, 0.4) is 0 Å². The van der Waals surface area contributed by atoms with Gasteiger partial charge in [-0.05, 0) is 64.6 Å². The first-order valence-corrected chi connectivity index (χ1v) is 20.7. The lowest BCUT2D eigenvalue weighted by Gasteiger charge is -2.21. The van der Waals surface area contributed by atoms with E-state index in [1.165, 1.54) is 61.1 Å². The number of hydrogen-bond donors (Lipinski definition) is 0. The average Bonchev–Trinajstić information content (AvgIpc) is 3.91. The van der Waals surface area contributed by atoms with Crippen molar-refractivity contribution in [1.82, 2.24) is 29.9 Å². The third kappa shape index (κ3) is 8.09. The second-order valence-electron chi connectivity index (χ2n) is 12.0. The summed E-state index contributed by atoms with van der Waals surface area (Å²) in [7, 11) is 0. The Morgan fingerprint density at radius 2 is 1.25 bits per heavy atom. The first-order valence-electron chi connectivity index (χ1n) is 16.5. The van der Waals surface area contributed by atoms with Gasteiger partial charge in [0.05, 0.1) is 16.2 Å². The Morgan fingerprint density at radius 1 is 0.635 bits per heavy atom. The van der Waals surface area contributed by atoms with E-state index >= 15 is 0 Å². The van der Waals surface area contributed by atoms with Gasteiger partial charge in [-0.25, -0.2) is 34.3 Å². The Kier molecular flexibility index (Phi) is 11.9. The Hall–Kier alpha value is -3.35. The summed E-state index contributed by atoms with van der Waals surface area (Å²) in [6.07, 6.45) is 8.98. The van der Waals surface area contributed by atoms with E-state index in [9.17, 15) is 4.39 Å². The van der Waals surface area contributed by atoms with Crippen molar-refractivity contribution in [3.8, 4) is 22.3 Å². The molecule has 0 aliphatic heterocycles. The van der Waals surface area contributed by atoms with E-state index in [1.54, 1.807) is 41.1 Å². The van der Waals surface area contributed by atoms with E-state index in [-0.39, 0.29) is 11.1 Å². The van der Waals surface area contributed by atoms with Crippen LogP contribution in [0, 0.1) is 5.82 Å². The zero-order valence-corrected chi connectivity index (χ0v) is 33.1. The van der Waals surface area contributed by atoms with Crippen molar-refractivity contribution in [1.29, 1.82) is 0 Å². The Morgan fingerprint density at radius 3 is 1.92 bits per heavy atom. The van der Waals surface area contributed by atoms with Crippen molar-refractivity contribution in [2.24, 2.45) is 0 Å². The van der Waals surface area contributed by atoms with Gasteiger partial charge in [-0.15, -0.1) is 34.0 Å². The molecule has 1 fully saturated rings. The van der Waals surface area contributed by atoms with Crippen molar-refractivity contribution >= 4 is 111 Å². The normalized spacial score (nSPS) is 13.2. The number of fused-ring (bicyclic) bond motifs is 3. The van der Waals surface area contributed by atoms with Crippen LogP contribution in [0.5, 0.6) is 0 Å². The number of hydrogen-bond acceptors (Lipinski definition) is 9. The number of nitrogens with zero attached hydrogens (tertiary/aromatic N) is 6. The zero-order valence-electron chi connectivity index (χ0n) is 27.6. The Labute approximate surface area is 331 Å². The number of benzene rings is 2. The molecule has 1 aliphatic rings. The first-order chi connectivity index (χ1) is 25.3. The van der Waals surface area contributed by atoms with Gasteiger partial charge in [0.1, 0.15) is 47.9 Å².